The highest BCUT2D eigenvalue weighted by molar-refractivity contribution is 6.05. The van der Waals surface area contributed by atoms with Gasteiger partial charge in [-0.3, -0.25) is 29.5 Å². The number of phenolic OH excluding ortho intramolecular Hbond substituents is 1. The Kier molecular flexibility index (Phi) is 8.54. The Labute approximate surface area is 285 Å². The summed E-state index contributed by atoms with van der Waals surface area (Å²) in [6.07, 6.45) is 3.00. The number of aromatic hydroxyl groups is 1. The number of ether oxygens (including phenoxy) is 1. The average Bonchev–Trinajstić information content (AvgIpc) is 3.43. The van der Waals surface area contributed by atoms with Gasteiger partial charge in [0.1, 0.15) is 24.1 Å². The Morgan fingerprint density at radius 1 is 0.918 bits per heavy atom. The standard InChI is InChI=1S/C36H42N8O5/c45-32-6-2-1-5-28(32)29-17-31-34(40-39-29)37-18-25-22-42(12-13-43(25)31)20-23-4-3-11-41(19-23)14-15-49-26-7-8-27-24(16-26)21-44(36(27)48)30-9-10-33(46)38-35(30)47/h1-2,5-8,16-17,23,25,30,45H,3-4,9-15,18-22H2,(H,37,40)(H,38,46,47)/t23?,25-,30?/m0/s1. The van der Waals surface area contributed by atoms with Crippen LogP contribution in [0.2, 0.25) is 0 Å². The Balaban J connectivity index is 0.818. The van der Waals surface area contributed by atoms with Crippen LogP contribution in [0.1, 0.15) is 41.6 Å². The van der Waals surface area contributed by atoms with E-state index in [0.29, 0.717) is 48.4 Å². The number of carbonyl (C=O) groups is 3. The second-order valence-electron chi connectivity index (χ2n) is 13.8. The lowest BCUT2D eigenvalue weighted by Crippen LogP contribution is -2.59. The SMILES string of the molecule is O=C1CCC(N2Cc3cc(OCCN4CCCC(CN5CCN6c7cc(-c8ccccc8O)nnc7NC[C@H]6C5)C4)ccc3C2=O)C(=O)N1. The average molecular weight is 667 g/mol. The molecule has 3 amide bonds. The number of piperidine rings is 2. The van der Waals surface area contributed by atoms with Gasteiger partial charge >= 0.3 is 0 Å². The van der Waals surface area contributed by atoms with Gasteiger partial charge in [0.2, 0.25) is 11.8 Å². The van der Waals surface area contributed by atoms with E-state index in [1.807, 2.05) is 36.4 Å². The maximum absolute atomic E-state index is 13.0. The molecule has 6 heterocycles. The molecule has 3 aromatic rings. The van der Waals surface area contributed by atoms with Gasteiger partial charge in [0.25, 0.3) is 5.91 Å². The number of phenols is 1. The number of fused-ring (bicyclic) bond motifs is 4. The molecule has 49 heavy (non-hydrogen) atoms. The molecule has 8 rings (SSSR count). The number of piperazine rings is 1. The van der Waals surface area contributed by atoms with Crippen LogP contribution in [-0.4, -0.2) is 119 Å². The summed E-state index contributed by atoms with van der Waals surface area (Å²) in [6, 6.07) is 14.6. The van der Waals surface area contributed by atoms with Crippen LogP contribution in [0.15, 0.2) is 48.5 Å². The van der Waals surface area contributed by atoms with E-state index in [2.05, 4.69) is 35.5 Å². The molecule has 2 unspecified atom stereocenters. The molecule has 5 aliphatic heterocycles. The highest BCUT2D eigenvalue weighted by atomic mass is 16.5. The van der Waals surface area contributed by atoms with Crippen LogP contribution in [0.5, 0.6) is 11.5 Å². The van der Waals surface area contributed by atoms with Gasteiger partial charge in [-0.05, 0) is 73.7 Å². The number of amides is 3. The van der Waals surface area contributed by atoms with Crippen LogP contribution in [-0.2, 0) is 16.1 Å². The van der Waals surface area contributed by atoms with Crippen molar-refractivity contribution in [2.45, 2.75) is 44.3 Å². The minimum absolute atomic E-state index is 0.172. The number of imide groups is 1. The molecule has 3 N–H and O–H groups in total. The quantitative estimate of drug-likeness (QED) is 0.305. The maximum Gasteiger partial charge on any atom is 0.255 e. The monoisotopic (exact) mass is 666 g/mol. The first-order chi connectivity index (χ1) is 23.9. The lowest BCUT2D eigenvalue weighted by Gasteiger charge is -2.47. The van der Waals surface area contributed by atoms with E-state index >= 15 is 0 Å². The lowest BCUT2D eigenvalue weighted by atomic mass is 9.96. The number of carbonyl (C=O) groups excluding carboxylic acids is 3. The largest absolute Gasteiger partial charge is 0.507 e. The molecule has 3 saturated heterocycles. The third-order valence-electron chi connectivity index (χ3n) is 10.6. The van der Waals surface area contributed by atoms with Crippen LogP contribution >= 0.6 is 0 Å². The van der Waals surface area contributed by atoms with Crippen molar-refractivity contribution < 1.29 is 24.2 Å². The van der Waals surface area contributed by atoms with Gasteiger partial charge in [0.15, 0.2) is 5.82 Å². The van der Waals surface area contributed by atoms with E-state index in [1.54, 1.807) is 17.0 Å². The van der Waals surface area contributed by atoms with Crippen molar-refractivity contribution in [3.63, 3.8) is 0 Å². The summed E-state index contributed by atoms with van der Waals surface area (Å²) in [5.41, 5.74) is 3.86. The second-order valence-corrected chi connectivity index (χ2v) is 13.8. The van der Waals surface area contributed by atoms with Gasteiger partial charge in [0, 0.05) is 69.9 Å². The van der Waals surface area contributed by atoms with Crippen molar-refractivity contribution in [3.8, 4) is 22.8 Å². The van der Waals surface area contributed by atoms with Crippen molar-refractivity contribution in [2.24, 2.45) is 5.92 Å². The number of nitrogens with one attached hydrogen (secondary N) is 2. The zero-order valence-corrected chi connectivity index (χ0v) is 27.5. The zero-order valence-electron chi connectivity index (χ0n) is 27.5. The summed E-state index contributed by atoms with van der Waals surface area (Å²) in [7, 11) is 0. The van der Waals surface area contributed by atoms with Crippen LogP contribution in [0.4, 0.5) is 11.5 Å². The third-order valence-corrected chi connectivity index (χ3v) is 10.6. The number of hydrogen-bond donors (Lipinski definition) is 3. The van der Waals surface area contributed by atoms with Gasteiger partial charge in [-0.1, -0.05) is 12.1 Å². The summed E-state index contributed by atoms with van der Waals surface area (Å²) in [5, 5.41) is 25.0. The van der Waals surface area contributed by atoms with E-state index in [1.165, 1.54) is 12.8 Å². The first-order valence-electron chi connectivity index (χ1n) is 17.4. The maximum atomic E-state index is 13.0. The van der Waals surface area contributed by atoms with Gasteiger partial charge < -0.3 is 25.0 Å². The molecule has 0 radical (unpaired) electrons. The fourth-order valence-electron chi connectivity index (χ4n) is 8.14. The minimum Gasteiger partial charge on any atom is -0.507 e. The number of rotatable bonds is 8. The normalized spacial score (nSPS) is 24.2. The molecule has 256 valence electrons. The first-order valence-corrected chi connectivity index (χ1v) is 17.4. The number of aromatic nitrogens is 2. The highest BCUT2D eigenvalue weighted by Gasteiger charge is 2.39. The molecule has 2 aromatic carbocycles. The topological polar surface area (TPSA) is 143 Å². The summed E-state index contributed by atoms with van der Waals surface area (Å²) in [4.78, 5) is 46.1. The van der Waals surface area contributed by atoms with E-state index < -0.39 is 11.9 Å². The molecule has 3 fully saturated rings. The number of likely N-dealkylation sites (tertiary alicyclic amines) is 1. The van der Waals surface area contributed by atoms with Gasteiger partial charge in [-0.25, -0.2) is 0 Å². The summed E-state index contributed by atoms with van der Waals surface area (Å²) in [6.45, 7) is 8.67. The Morgan fingerprint density at radius 2 is 1.82 bits per heavy atom. The van der Waals surface area contributed by atoms with E-state index in [-0.39, 0.29) is 24.0 Å². The molecule has 0 aliphatic carbocycles. The Bertz CT molecular complexity index is 1770. The number of para-hydroxylation sites is 1. The molecule has 1 aromatic heterocycles. The molecular weight excluding hydrogens is 624 g/mol. The third kappa shape index (κ3) is 6.40. The fraction of sp³-hybridized carbons (Fsp3) is 0.472. The van der Waals surface area contributed by atoms with E-state index in [9.17, 15) is 19.5 Å². The smallest absolute Gasteiger partial charge is 0.255 e. The van der Waals surface area contributed by atoms with Crippen LogP contribution < -0.4 is 20.3 Å². The molecule has 0 bridgehead atoms. The Hall–Kier alpha value is -4.75. The van der Waals surface area contributed by atoms with E-state index in [0.717, 1.165) is 75.2 Å². The van der Waals surface area contributed by atoms with Gasteiger partial charge in [-0.15, -0.1) is 10.2 Å². The molecule has 13 heteroatoms. The van der Waals surface area contributed by atoms with Crippen LogP contribution in [0, 0.1) is 5.92 Å². The summed E-state index contributed by atoms with van der Waals surface area (Å²) < 4.78 is 6.16. The van der Waals surface area contributed by atoms with E-state index in [4.69, 9.17) is 4.74 Å². The zero-order chi connectivity index (χ0) is 33.5. The number of anilines is 2. The molecule has 3 atom stereocenters. The van der Waals surface area contributed by atoms with Crippen molar-refractivity contribution in [3.05, 3.63) is 59.7 Å². The molecule has 5 aliphatic rings. The lowest BCUT2D eigenvalue weighted by molar-refractivity contribution is -0.136. The highest BCUT2D eigenvalue weighted by Crippen LogP contribution is 2.36. The molecule has 0 spiro atoms. The number of nitrogens with zero attached hydrogens (tertiary/aromatic N) is 6. The second kappa shape index (κ2) is 13.3. The molecule has 13 nitrogen and oxygen atoms in total. The van der Waals surface area contributed by atoms with Crippen LogP contribution in [0.3, 0.4) is 0 Å². The number of hydrogen-bond acceptors (Lipinski definition) is 11. The van der Waals surface area contributed by atoms with Crippen molar-refractivity contribution in [2.75, 3.05) is 69.2 Å². The van der Waals surface area contributed by atoms with Crippen LogP contribution in [0.25, 0.3) is 11.3 Å². The van der Waals surface area contributed by atoms with Crippen molar-refractivity contribution in [1.82, 2.24) is 30.2 Å². The summed E-state index contributed by atoms with van der Waals surface area (Å²) in [5.74, 6) is 1.48. The van der Waals surface area contributed by atoms with Crippen molar-refractivity contribution >= 4 is 29.2 Å². The van der Waals surface area contributed by atoms with Crippen molar-refractivity contribution in [1.29, 1.82) is 0 Å². The molecule has 0 saturated carbocycles. The first kappa shape index (κ1) is 31.5. The summed E-state index contributed by atoms with van der Waals surface area (Å²) >= 11 is 0. The molecular formula is C36H42N8O5. The fourth-order valence-corrected chi connectivity index (χ4v) is 8.14. The predicted molar refractivity (Wildman–Crippen MR) is 182 cm³/mol. The van der Waals surface area contributed by atoms with Gasteiger partial charge in [-0.2, -0.15) is 0 Å². The number of benzene rings is 2. The minimum atomic E-state index is -0.617. The Morgan fingerprint density at radius 3 is 2.69 bits per heavy atom. The predicted octanol–water partition coefficient (Wildman–Crippen LogP) is 2.32. The van der Waals surface area contributed by atoms with Gasteiger partial charge in [0.05, 0.1) is 17.4 Å².